The molecule has 1 unspecified atom stereocenters. The van der Waals surface area contributed by atoms with E-state index in [1.54, 1.807) is 33.0 Å². The molecular weight excluding hydrogens is 249 g/mol. The monoisotopic (exact) mass is 269 g/mol. The summed E-state index contributed by atoms with van der Waals surface area (Å²) in [5.41, 5.74) is -0.152. The maximum absolute atomic E-state index is 13.7. The summed E-state index contributed by atoms with van der Waals surface area (Å²) < 4.78 is 23.4. The lowest BCUT2D eigenvalue weighted by Crippen LogP contribution is -2.39. The molecule has 1 N–H and O–H groups in total. The Bertz CT molecular complexity index is 460. The van der Waals surface area contributed by atoms with E-state index in [1.165, 1.54) is 20.3 Å². The number of carbonyl (C=O) groups excluding carboxylic acids is 1. The van der Waals surface area contributed by atoms with Crippen molar-refractivity contribution in [3.63, 3.8) is 0 Å². The summed E-state index contributed by atoms with van der Waals surface area (Å²) in [7, 11) is 4.47. The lowest BCUT2D eigenvalue weighted by molar-refractivity contribution is -0.152. The van der Waals surface area contributed by atoms with Gasteiger partial charge in [0.2, 0.25) is 0 Å². The molecule has 0 aliphatic carbocycles. The number of ether oxygens (including phenoxy) is 2. The molecule has 19 heavy (non-hydrogen) atoms. The van der Waals surface area contributed by atoms with E-state index in [0.717, 1.165) is 0 Å². The third kappa shape index (κ3) is 3.04. The van der Waals surface area contributed by atoms with Crippen molar-refractivity contribution in [2.75, 3.05) is 21.3 Å². The Hall–Kier alpha value is -1.62. The molecule has 1 aromatic rings. The smallest absolute Gasteiger partial charge is 0.313 e. The Balaban J connectivity index is 3.17. The fraction of sp³-hybridized carbons (Fsp3) is 0.500. The van der Waals surface area contributed by atoms with Gasteiger partial charge in [-0.25, -0.2) is 4.39 Å². The van der Waals surface area contributed by atoms with E-state index in [0.29, 0.717) is 5.56 Å². The van der Waals surface area contributed by atoms with Crippen LogP contribution in [0.4, 0.5) is 4.39 Å². The molecule has 0 amide bonds. The average molecular weight is 269 g/mol. The second kappa shape index (κ2) is 6.02. The molecule has 1 aromatic carbocycles. The van der Waals surface area contributed by atoms with Crippen molar-refractivity contribution in [1.29, 1.82) is 0 Å². The van der Waals surface area contributed by atoms with E-state index in [2.05, 4.69) is 5.32 Å². The minimum absolute atomic E-state index is 0.175. The van der Waals surface area contributed by atoms with Crippen LogP contribution >= 0.6 is 0 Å². The highest BCUT2D eigenvalue weighted by Gasteiger charge is 2.38. The molecule has 1 rings (SSSR count). The molecule has 0 aromatic heterocycles. The van der Waals surface area contributed by atoms with Crippen LogP contribution in [0.2, 0.25) is 0 Å². The van der Waals surface area contributed by atoms with Crippen LogP contribution in [0, 0.1) is 11.2 Å². The van der Waals surface area contributed by atoms with E-state index in [4.69, 9.17) is 9.47 Å². The summed E-state index contributed by atoms with van der Waals surface area (Å²) in [6.45, 7) is 3.50. The Kier molecular flexibility index (Phi) is 4.89. The highest BCUT2D eigenvalue weighted by atomic mass is 19.1. The molecule has 5 heteroatoms. The molecule has 0 saturated heterocycles. The van der Waals surface area contributed by atoms with Crippen LogP contribution in [-0.2, 0) is 9.53 Å². The fourth-order valence-electron chi connectivity index (χ4n) is 2.19. The Morgan fingerprint density at radius 1 is 1.37 bits per heavy atom. The first-order valence-corrected chi connectivity index (χ1v) is 5.97. The molecule has 0 aliphatic rings. The third-order valence-corrected chi connectivity index (χ3v) is 3.23. The van der Waals surface area contributed by atoms with Gasteiger partial charge >= 0.3 is 5.97 Å². The summed E-state index contributed by atoms with van der Waals surface area (Å²) in [4.78, 5) is 11.8. The van der Waals surface area contributed by atoms with E-state index >= 15 is 0 Å². The van der Waals surface area contributed by atoms with Crippen LogP contribution in [0.5, 0.6) is 5.75 Å². The number of rotatable bonds is 5. The number of hydrogen-bond acceptors (Lipinski definition) is 4. The molecule has 0 saturated carbocycles. The SMILES string of the molecule is CNC(c1ccc(OC)c(F)c1)C(C)(C)C(=O)OC. The van der Waals surface area contributed by atoms with Crippen LogP contribution in [0.1, 0.15) is 25.5 Å². The van der Waals surface area contributed by atoms with Crippen LogP contribution < -0.4 is 10.1 Å². The van der Waals surface area contributed by atoms with Crippen molar-refractivity contribution in [1.82, 2.24) is 5.32 Å². The first-order chi connectivity index (χ1) is 8.88. The summed E-state index contributed by atoms with van der Waals surface area (Å²) in [6, 6.07) is 4.28. The molecule has 0 heterocycles. The summed E-state index contributed by atoms with van der Waals surface area (Å²) in [6.07, 6.45) is 0. The zero-order valence-electron chi connectivity index (χ0n) is 11.9. The molecule has 4 nitrogen and oxygen atoms in total. The number of nitrogens with one attached hydrogen (secondary N) is 1. The molecule has 0 bridgehead atoms. The number of halogens is 1. The first kappa shape index (κ1) is 15.4. The Morgan fingerprint density at radius 3 is 2.42 bits per heavy atom. The maximum atomic E-state index is 13.7. The van der Waals surface area contributed by atoms with Crippen molar-refractivity contribution >= 4 is 5.97 Å². The number of hydrogen-bond donors (Lipinski definition) is 1. The van der Waals surface area contributed by atoms with Gasteiger partial charge in [0.05, 0.1) is 19.6 Å². The topological polar surface area (TPSA) is 47.6 Å². The van der Waals surface area contributed by atoms with Gasteiger partial charge in [-0.15, -0.1) is 0 Å². The predicted molar refractivity (Wildman–Crippen MR) is 70.5 cm³/mol. The molecule has 1 atom stereocenters. The first-order valence-electron chi connectivity index (χ1n) is 5.97. The molecule has 0 fully saturated rings. The van der Waals surface area contributed by atoms with Crippen LogP contribution in [0.15, 0.2) is 18.2 Å². The normalized spacial score (nSPS) is 12.9. The maximum Gasteiger partial charge on any atom is 0.313 e. The zero-order chi connectivity index (χ0) is 14.6. The van der Waals surface area contributed by atoms with Crippen LogP contribution in [-0.4, -0.2) is 27.2 Å². The summed E-state index contributed by atoms with van der Waals surface area (Å²) in [5.74, 6) is -0.640. The van der Waals surface area contributed by atoms with Gasteiger partial charge in [-0.05, 0) is 38.6 Å². The van der Waals surface area contributed by atoms with Gasteiger partial charge in [-0.3, -0.25) is 4.79 Å². The number of benzene rings is 1. The quantitative estimate of drug-likeness (QED) is 0.833. The molecule has 0 spiro atoms. The molecular formula is C14H20FNO3. The highest BCUT2D eigenvalue weighted by Crippen LogP contribution is 2.35. The number of methoxy groups -OCH3 is 2. The van der Waals surface area contributed by atoms with Gasteiger partial charge in [0.15, 0.2) is 11.6 Å². The predicted octanol–water partition coefficient (Wildman–Crippen LogP) is 2.29. The molecule has 106 valence electrons. The third-order valence-electron chi connectivity index (χ3n) is 3.23. The Labute approximate surface area is 112 Å². The molecule has 0 radical (unpaired) electrons. The van der Waals surface area contributed by atoms with Gasteiger partial charge in [0.25, 0.3) is 0 Å². The van der Waals surface area contributed by atoms with Gasteiger partial charge in [0.1, 0.15) is 0 Å². The fourth-order valence-corrected chi connectivity index (χ4v) is 2.19. The van der Waals surface area contributed by atoms with Crippen molar-refractivity contribution in [2.45, 2.75) is 19.9 Å². The van der Waals surface area contributed by atoms with E-state index in [9.17, 15) is 9.18 Å². The number of esters is 1. The second-order valence-corrected chi connectivity index (χ2v) is 4.83. The average Bonchev–Trinajstić information content (AvgIpc) is 2.38. The lowest BCUT2D eigenvalue weighted by Gasteiger charge is -2.32. The van der Waals surface area contributed by atoms with E-state index in [-0.39, 0.29) is 17.8 Å². The summed E-state index contributed by atoms with van der Waals surface area (Å²) >= 11 is 0. The van der Waals surface area contributed by atoms with Crippen molar-refractivity contribution in [3.8, 4) is 5.75 Å². The van der Waals surface area contributed by atoms with Gasteiger partial charge in [-0.1, -0.05) is 6.07 Å². The van der Waals surface area contributed by atoms with Gasteiger partial charge in [-0.2, -0.15) is 0 Å². The van der Waals surface area contributed by atoms with Crippen molar-refractivity contribution in [3.05, 3.63) is 29.6 Å². The van der Waals surface area contributed by atoms with Crippen molar-refractivity contribution in [2.24, 2.45) is 5.41 Å². The second-order valence-electron chi connectivity index (χ2n) is 4.83. The Morgan fingerprint density at radius 2 is 2.00 bits per heavy atom. The van der Waals surface area contributed by atoms with E-state index < -0.39 is 11.2 Å². The number of carbonyl (C=O) groups is 1. The summed E-state index contributed by atoms with van der Waals surface area (Å²) in [5, 5.41) is 3.03. The van der Waals surface area contributed by atoms with Crippen LogP contribution in [0.3, 0.4) is 0 Å². The van der Waals surface area contributed by atoms with E-state index in [1.807, 2.05) is 0 Å². The van der Waals surface area contributed by atoms with Gasteiger partial charge in [0, 0.05) is 6.04 Å². The zero-order valence-corrected chi connectivity index (χ0v) is 11.9. The minimum atomic E-state index is -0.815. The van der Waals surface area contributed by atoms with Crippen LogP contribution in [0.25, 0.3) is 0 Å². The minimum Gasteiger partial charge on any atom is -0.494 e. The van der Waals surface area contributed by atoms with Gasteiger partial charge < -0.3 is 14.8 Å². The largest absolute Gasteiger partial charge is 0.494 e. The standard InChI is InChI=1S/C14H20FNO3/c1-14(2,13(17)19-5)12(16-3)9-6-7-11(18-4)10(15)8-9/h6-8,12,16H,1-5H3. The van der Waals surface area contributed by atoms with Crippen molar-refractivity contribution < 1.29 is 18.7 Å². The highest BCUT2D eigenvalue weighted by molar-refractivity contribution is 5.77. The molecule has 0 aliphatic heterocycles. The lowest BCUT2D eigenvalue weighted by atomic mass is 9.80.